The molecule has 1 aromatic carbocycles. The van der Waals surface area contributed by atoms with Crippen LogP contribution in [-0.4, -0.2) is 18.6 Å². The van der Waals surface area contributed by atoms with Crippen LogP contribution < -0.4 is 10.1 Å². The summed E-state index contributed by atoms with van der Waals surface area (Å²) < 4.78 is 5.43. The first-order chi connectivity index (χ1) is 8.90. The fourth-order valence-electron chi connectivity index (χ4n) is 2.59. The van der Waals surface area contributed by atoms with Crippen LogP contribution in [0.15, 0.2) is 42.6 Å². The lowest BCUT2D eigenvalue weighted by atomic mass is 9.87. The quantitative estimate of drug-likeness (QED) is 0.876. The minimum absolute atomic E-state index is 0.318. The van der Waals surface area contributed by atoms with E-state index in [1.165, 1.54) is 11.3 Å². The lowest BCUT2D eigenvalue weighted by Crippen LogP contribution is -2.18. The van der Waals surface area contributed by atoms with Gasteiger partial charge < -0.3 is 10.1 Å². The summed E-state index contributed by atoms with van der Waals surface area (Å²) in [6.07, 6.45) is 2.88. The van der Waals surface area contributed by atoms with Crippen LogP contribution in [0.4, 0.5) is 5.69 Å². The van der Waals surface area contributed by atoms with E-state index in [1.807, 2.05) is 18.3 Å². The minimum Gasteiger partial charge on any atom is -0.495 e. The fraction of sp³-hybridized carbons (Fsp3) is 0.267. The summed E-state index contributed by atoms with van der Waals surface area (Å²) in [5.74, 6) is 1.19. The fourth-order valence-corrected chi connectivity index (χ4v) is 2.59. The molecule has 1 unspecified atom stereocenters. The van der Waals surface area contributed by atoms with E-state index >= 15 is 0 Å². The molecule has 18 heavy (non-hydrogen) atoms. The van der Waals surface area contributed by atoms with Crippen LogP contribution in [0.1, 0.15) is 23.6 Å². The number of methoxy groups -OCH3 is 1. The van der Waals surface area contributed by atoms with E-state index in [0.717, 1.165) is 24.4 Å². The monoisotopic (exact) mass is 240 g/mol. The molecule has 1 atom stereocenters. The molecule has 1 aliphatic heterocycles. The second-order valence-corrected chi connectivity index (χ2v) is 4.45. The van der Waals surface area contributed by atoms with Crippen LogP contribution in [0, 0.1) is 0 Å². The van der Waals surface area contributed by atoms with Crippen LogP contribution in [0.3, 0.4) is 0 Å². The molecule has 0 bridgehead atoms. The van der Waals surface area contributed by atoms with E-state index in [2.05, 4.69) is 34.6 Å². The molecule has 1 aromatic heterocycles. The molecule has 92 valence electrons. The maximum atomic E-state index is 5.43. The summed E-state index contributed by atoms with van der Waals surface area (Å²) in [5, 5.41) is 3.43. The molecule has 0 amide bonds. The van der Waals surface area contributed by atoms with Crippen LogP contribution in [0.25, 0.3) is 0 Å². The van der Waals surface area contributed by atoms with E-state index in [1.54, 1.807) is 7.11 Å². The SMILES string of the molecule is COc1cccnc1C1CCNc2ccccc21. The number of nitrogens with one attached hydrogen (secondary N) is 1. The lowest BCUT2D eigenvalue weighted by molar-refractivity contribution is 0.403. The number of nitrogens with zero attached hydrogens (tertiary/aromatic N) is 1. The van der Waals surface area contributed by atoms with Gasteiger partial charge in [-0.15, -0.1) is 0 Å². The van der Waals surface area contributed by atoms with Gasteiger partial charge in [-0.2, -0.15) is 0 Å². The van der Waals surface area contributed by atoms with Gasteiger partial charge in [0.25, 0.3) is 0 Å². The Balaban J connectivity index is 2.08. The molecule has 2 aromatic rings. The number of pyridine rings is 1. The van der Waals surface area contributed by atoms with Crippen molar-refractivity contribution in [3.05, 3.63) is 53.9 Å². The van der Waals surface area contributed by atoms with Crippen molar-refractivity contribution >= 4 is 5.69 Å². The first-order valence-electron chi connectivity index (χ1n) is 6.22. The van der Waals surface area contributed by atoms with Gasteiger partial charge in [0.1, 0.15) is 5.75 Å². The van der Waals surface area contributed by atoms with E-state index in [9.17, 15) is 0 Å². The third kappa shape index (κ3) is 1.82. The van der Waals surface area contributed by atoms with Crippen molar-refractivity contribution in [1.82, 2.24) is 4.98 Å². The molecule has 0 radical (unpaired) electrons. The summed E-state index contributed by atoms with van der Waals surface area (Å²) in [4.78, 5) is 4.52. The lowest BCUT2D eigenvalue weighted by Gasteiger charge is -2.27. The molecule has 3 rings (SSSR count). The van der Waals surface area contributed by atoms with Crippen LogP contribution in [0.5, 0.6) is 5.75 Å². The number of para-hydroxylation sites is 1. The zero-order valence-corrected chi connectivity index (χ0v) is 10.4. The first kappa shape index (κ1) is 11.1. The Morgan fingerprint density at radius 2 is 2.11 bits per heavy atom. The highest BCUT2D eigenvalue weighted by molar-refractivity contribution is 5.57. The summed E-state index contributed by atoms with van der Waals surface area (Å²) in [5.41, 5.74) is 3.55. The Bertz CT molecular complexity index is 554. The van der Waals surface area contributed by atoms with Crippen molar-refractivity contribution in [2.24, 2.45) is 0 Å². The zero-order chi connectivity index (χ0) is 12.4. The molecule has 1 aliphatic rings. The molecule has 3 nitrogen and oxygen atoms in total. The van der Waals surface area contributed by atoms with Crippen molar-refractivity contribution in [2.45, 2.75) is 12.3 Å². The Hall–Kier alpha value is -2.03. The van der Waals surface area contributed by atoms with Crippen molar-refractivity contribution in [2.75, 3.05) is 19.0 Å². The molecule has 0 fully saturated rings. The van der Waals surface area contributed by atoms with Gasteiger partial charge in [0.2, 0.25) is 0 Å². The van der Waals surface area contributed by atoms with Crippen LogP contribution >= 0.6 is 0 Å². The topological polar surface area (TPSA) is 34.1 Å². The van der Waals surface area contributed by atoms with Gasteiger partial charge in [-0.1, -0.05) is 18.2 Å². The standard InChI is InChI=1S/C15H16N2O/c1-18-14-7-4-9-17-15(14)12-8-10-16-13-6-3-2-5-11(12)13/h2-7,9,12,16H,8,10H2,1H3. The predicted molar refractivity (Wildman–Crippen MR) is 72.2 cm³/mol. The number of hydrogen-bond acceptors (Lipinski definition) is 3. The Morgan fingerprint density at radius 1 is 1.22 bits per heavy atom. The number of fused-ring (bicyclic) bond motifs is 1. The van der Waals surface area contributed by atoms with Crippen molar-refractivity contribution in [3.8, 4) is 5.75 Å². The molecule has 1 N–H and O–H groups in total. The van der Waals surface area contributed by atoms with Crippen molar-refractivity contribution in [1.29, 1.82) is 0 Å². The Kier molecular flexibility index (Phi) is 2.89. The highest BCUT2D eigenvalue weighted by atomic mass is 16.5. The Labute approximate surface area is 107 Å². The third-order valence-electron chi connectivity index (χ3n) is 3.43. The maximum Gasteiger partial charge on any atom is 0.140 e. The molecule has 0 saturated carbocycles. The van der Waals surface area contributed by atoms with E-state index < -0.39 is 0 Å². The predicted octanol–water partition coefficient (Wildman–Crippen LogP) is 3.04. The van der Waals surface area contributed by atoms with Gasteiger partial charge in [0.05, 0.1) is 12.8 Å². The number of benzene rings is 1. The largest absolute Gasteiger partial charge is 0.495 e. The zero-order valence-electron chi connectivity index (χ0n) is 10.4. The molecule has 0 saturated heterocycles. The van der Waals surface area contributed by atoms with Crippen molar-refractivity contribution in [3.63, 3.8) is 0 Å². The highest BCUT2D eigenvalue weighted by Gasteiger charge is 2.24. The average molecular weight is 240 g/mol. The number of anilines is 1. The smallest absolute Gasteiger partial charge is 0.140 e. The van der Waals surface area contributed by atoms with E-state index in [-0.39, 0.29) is 0 Å². The van der Waals surface area contributed by atoms with Gasteiger partial charge in [0, 0.05) is 24.3 Å². The summed E-state index contributed by atoms with van der Waals surface area (Å²) in [6, 6.07) is 12.3. The number of ether oxygens (including phenoxy) is 1. The van der Waals surface area contributed by atoms with Gasteiger partial charge in [0.15, 0.2) is 0 Å². The second-order valence-electron chi connectivity index (χ2n) is 4.45. The van der Waals surface area contributed by atoms with Crippen LogP contribution in [-0.2, 0) is 0 Å². The molecule has 3 heteroatoms. The van der Waals surface area contributed by atoms with Gasteiger partial charge in [-0.3, -0.25) is 4.98 Å². The van der Waals surface area contributed by atoms with E-state index in [4.69, 9.17) is 4.74 Å². The van der Waals surface area contributed by atoms with Crippen molar-refractivity contribution < 1.29 is 4.74 Å². The first-order valence-corrected chi connectivity index (χ1v) is 6.22. The highest BCUT2D eigenvalue weighted by Crippen LogP contribution is 2.38. The van der Waals surface area contributed by atoms with Gasteiger partial charge in [-0.05, 0) is 30.2 Å². The second kappa shape index (κ2) is 4.69. The molecule has 0 spiro atoms. The number of hydrogen-bond donors (Lipinski definition) is 1. The number of rotatable bonds is 2. The summed E-state index contributed by atoms with van der Waals surface area (Å²) >= 11 is 0. The molecular weight excluding hydrogens is 224 g/mol. The number of aromatic nitrogens is 1. The molecule has 2 heterocycles. The van der Waals surface area contributed by atoms with Crippen LogP contribution in [0.2, 0.25) is 0 Å². The third-order valence-corrected chi connectivity index (χ3v) is 3.43. The van der Waals surface area contributed by atoms with Gasteiger partial charge >= 0.3 is 0 Å². The molecule has 0 aliphatic carbocycles. The minimum atomic E-state index is 0.318. The maximum absolute atomic E-state index is 5.43. The summed E-state index contributed by atoms with van der Waals surface area (Å²) in [6.45, 7) is 0.974. The average Bonchev–Trinajstić information content (AvgIpc) is 2.46. The normalized spacial score (nSPS) is 17.7. The summed E-state index contributed by atoms with van der Waals surface area (Å²) in [7, 11) is 1.70. The Morgan fingerprint density at radius 3 is 3.00 bits per heavy atom. The van der Waals surface area contributed by atoms with E-state index in [0.29, 0.717) is 5.92 Å². The molecular formula is C15H16N2O. The van der Waals surface area contributed by atoms with Gasteiger partial charge in [-0.25, -0.2) is 0 Å².